The van der Waals surface area contributed by atoms with Gasteiger partial charge in [-0.3, -0.25) is 4.79 Å². The fourth-order valence-electron chi connectivity index (χ4n) is 3.26. The van der Waals surface area contributed by atoms with Gasteiger partial charge in [-0.05, 0) is 36.8 Å². The number of aromatic nitrogens is 1. The second-order valence-corrected chi connectivity index (χ2v) is 6.12. The molecule has 2 atom stereocenters. The molecule has 1 amide bonds. The fourth-order valence-corrected chi connectivity index (χ4v) is 3.26. The summed E-state index contributed by atoms with van der Waals surface area (Å²) in [5.74, 6) is 0.385. The van der Waals surface area contributed by atoms with E-state index in [1.54, 1.807) is 7.11 Å². The smallest absolute Gasteiger partial charge is 0.258 e. The number of methoxy groups -OCH3 is 1. The summed E-state index contributed by atoms with van der Waals surface area (Å²) in [5, 5.41) is 3.60. The van der Waals surface area contributed by atoms with Crippen LogP contribution in [0.5, 0.6) is 0 Å². The summed E-state index contributed by atoms with van der Waals surface area (Å²) in [4.78, 5) is 14.2. The quantitative estimate of drug-likeness (QED) is 0.870. The Morgan fingerprint density at radius 2 is 2.26 bits per heavy atom. The maximum Gasteiger partial charge on any atom is 0.258 e. The van der Waals surface area contributed by atoms with Gasteiger partial charge in [-0.25, -0.2) is 0 Å². The van der Waals surface area contributed by atoms with E-state index in [0.29, 0.717) is 18.0 Å². The lowest BCUT2D eigenvalue weighted by atomic mass is 9.86. The molecule has 23 heavy (non-hydrogen) atoms. The van der Waals surface area contributed by atoms with Crippen molar-refractivity contribution in [1.82, 2.24) is 10.1 Å². The van der Waals surface area contributed by atoms with Crippen molar-refractivity contribution in [2.45, 2.75) is 25.9 Å². The third kappa shape index (κ3) is 3.45. The molecule has 0 unspecified atom stereocenters. The maximum atomic E-state index is 12.4. The predicted molar refractivity (Wildman–Crippen MR) is 86.2 cm³/mol. The average Bonchev–Trinajstić information content (AvgIpc) is 3.11. The normalized spacial score (nSPS) is 21.4. The van der Waals surface area contributed by atoms with Crippen molar-refractivity contribution in [3.8, 4) is 0 Å². The monoisotopic (exact) mass is 314 g/mol. The van der Waals surface area contributed by atoms with Crippen molar-refractivity contribution in [2.24, 2.45) is 5.92 Å². The van der Waals surface area contributed by atoms with Crippen LogP contribution in [0.1, 0.15) is 27.9 Å². The number of aryl methyl sites for hydroxylation is 1. The second-order valence-electron chi connectivity index (χ2n) is 6.12. The molecule has 0 radical (unpaired) electrons. The zero-order chi connectivity index (χ0) is 16.2. The maximum absolute atomic E-state index is 12.4. The first-order valence-corrected chi connectivity index (χ1v) is 7.95. The summed E-state index contributed by atoms with van der Waals surface area (Å²) in [6.45, 7) is 3.49. The van der Waals surface area contributed by atoms with Crippen molar-refractivity contribution < 1.29 is 14.1 Å². The van der Waals surface area contributed by atoms with Crippen LogP contribution in [-0.2, 0) is 11.2 Å². The number of carbonyl (C=O) groups is 1. The lowest BCUT2D eigenvalue weighted by Crippen LogP contribution is -2.48. The SMILES string of the molecule is CO[C@H]1CN(C(=O)c2cnoc2)CC[C@@H]1Cc1ccccc1C. The molecule has 3 rings (SSSR count). The van der Waals surface area contributed by atoms with Crippen LogP contribution in [0.2, 0.25) is 0 Å². The Labute approximate surface area is 136 Å². The Morgan fingerprint density at radius 3 is 2.96 bits per heavy atom. The van der Waals surface area contributed by atoms with Gasteiger partial charge < -0.3 is 14.2 Å². The number of ether oxygens (including phenoxy) is 1. The lowest BCUT2D eigenvalue weighted by molar-refractivity contribution is -0.00702. The van der Waals surface area contributed by atoms with Crippen LogP contribution in [0, 0.1) is 12.8 Å². The molecule has 0 bridgehead atoms. The van der Waals surface area contributed by atoms with Gasteiger partial charge in [-0.2, -0.15) is 0 Å². The fraction of sp³-hybridized carbons (Fsp3) is 0.444. The Hall–Kier alpha value is -2.14. The minimum atomic E-state index is -0.0392. The number of nitrogens with zero attached hydrogens (tertiary/aromatic N) is 2. The summed E-state index contributed by atoms with van der Waals surface area (Å²) in [5.41, 5.74) is 3.17. The van der Waals surface area contributed by atoms with E-state index in [0.717, 1.165) is 19.4 Å². The topological polar surface area (TPSA) is 55.6 Å². The van der Waals surface area contributed by atoms with Gasteiger partial charge in [0.2, 0.25) is 0 Å². The molecule has 1 fully saturated rings. The molecule has 0 spiro atoms. The molecule has 1 saturated heterocycles. The van der Waals surface area contributed by atoms with E-state index in [4.69, 9.17) is 9.26 Å². The average molecular weight is 314 g/mol. The molecule has 0 saturated carbocycles. The van der Waals surface area contributed by atoms with Gasteiger partial charge >= 0.3 is 0 Å². The number of rotatable bonds is 4. The molecule has 0 N–H and O–H groups in total. The van der Waals surface area contributed by atoms with E-state index in [2.05, 4.69) is 36.3 Å². The van der Waals surface area contributed by atoms with E-state index >= 15 is 0 Å². The highest BCUT2D eigenvalue weighted by Crippen LogP contribution is 2.26. The lowest BCUT2D eigenvalue weighted by Gasteiger charge is -2.38. The molecule has 2 heterocycles. The summed E-state index contributed by atoms with van der Waals surface area (Å²) >= 11 is 0. The van der Waals surface area contributed by atoms with E-state index < -0.39 is 0 Å². The van der Waals surface area contributed by atoms with Gasteiger partial charge in [0.25, 0.3) is 5.91 Å². The molecule has 5 nitrogen and oxygen atoms in total. The van der Waals surface area contributed by atoms with E-state index in [1.807, 2.05) is 4.90 Å². The van der Waals surface area contributed by atoms with Gasteiger partial charge in [-0.15, -0.1) is 0 Å². The van der Waals surface area contributed by atoms with Crippen LogP contribution >= 0.6 is 0 Å². The minimum Gasteiger partial charge on any atom is -0.379 e. The number of likely N-dealkylation sites (tertiary alicyclic amines) is 1. The zero-order valence-electron chi connectivity index (χ0n) is 13.6. The van der Waals surface area contributed by atoms with Crippen molar-refractivity contribution in [3.05, 3.63) is 53.4 Å². The van der Waals surface area contributed by atoms with Crippen LogP contribution in [0.25, 0.3) is 0 Å². The van der Waals surface area contributed by atoms with E-state index in [-0.39, 0.29) is 12.0 Å². The van der Waals surface area contributed by atoms with Crippen LogP contribution < -0.4 is 0 Å². The molecule has 1 aliphatic rings. The van der Waals surface area contributed by atoms with Gasteiger partial charge in [0, 0.05) is 20.2 Å². The molecule has 1 aromatic heterocycles. The Balaban J connectivity index is 1.67. The van der Waals surface area contributed by atoms with Crippen LogP contribution in [0.4, 0.5) is 0 Å². The number of piperidine rings is 1. The molecule has 1 aliphatic heterocycles. The first-order valence-electron chi connectivity index (χ1n) is 7.95. The highest BCUT2D eigenvalue weighted by molar-refractivity contribution is 5.93. The number of amides is 1. The van der Waals surface area contributed by atoms with Crippen LogP contribution in [0.3, 0.4) is 0 Å². The van der Waals surface area contributed by atoms with Gasteiger partial charge in [0.15, 0.2) is 0 Å². The molecule has 122 valence electrons. The molecular formula is C18H22N2O3. The summed E-state index contributed by atoms with van der Waals surface area (Å²) in [7, 11) is 1.73. The van der Waals surface area contributed by atoms with Gasteiger partial charge in [0.05, 0.1) is 17.9 Å². The molecule has 2 aromatic rings. The third-order valence-electron chi connectivity index (χ3n) is 4.71. The molecule has 5 heteroatoms. The molecule has 1 aromatic carbocycles. The summed E-state index contributed by atoms with van der Waals surface area (Å²) in [6, 6.07) is 8.46. The third-order valence-corrected chi connectivity index (χ3v) is 4.71. The number of carbonyl (C=O) groups excluding carboxylic acids is 1. The second kappa shape index (κ2) is 6.96. The van der Waals surface area contributed by atoms with E-state index in [1.165, 1.54) is 23.6 Å². The standard InChI is InChI=1S/C18H22N2O3/c1-13-5-3-4-6-14(13)9-15-7-8-20(11-17(15)22-2)18(21)16-10-19-23-12-16/h3-6,10,12,15,17H,7-9,11H2,1-2H3/t15-,17+/m1/s1. The number of hydrogen-bond donors (Lipinski definition) is 0. The Bertz CT molecular complexity index is 654. The van der Waals surface area contributed by atoms with Crippen LogP contribution in [0.15, 0.2) is 41.2 Å². The highest BCUT2D eigenvalue weighted by Gasteiger charge is 2.32. The highest BCUT2D eigenvalue weighted by atomic mass is 16.5. The van der Waals surface area contributed by atoms with Crippen molar-refractivity contribution in [2.75, 3.05) is 20.2 Å². The van der Waals surface area contributed by atoms with Gasteiger partial charge in [0.1, 0.15) is 6.26 Å². The van der Waals surface area contributed by atoms with Crippen molar-refractivity contribution >= 4 is 5.91 Å². The Morgan fingerprint density at radius 1 is 1.43 bits per heavy atom. The number of hydrogen-bond acceptors (Lipinski definition) is 4. The summed E-state index contributed by atoms with van der Waals surface area (Å²) < 4.78 is 10.4. The first-order chi connectivity index (χ1) is 11.2. The molecular weight excluding hydrogens is 292 g/mol. The van der Waals surface area contributed by atoms with Crippen molar-refractivity contribution in [3.63, 3.8) is 0 Å². The number of benzene rings is 1. The van der Waals surface area contributed by atoms with Crippen LogP contribution in [-0.4, -0.2) is 42.3 Å². The van der Waals surface area contributed by atoms with Crippen molar-refractivity contribution in [1.29, 1.82) is 0 Å². The zero-order valence-corrected chi connectivity index (χ0v) is 13.6. The predicted octanol–water partition coefficient (Wildman–Crippen LogP) is 2.70. The molecule has 0 aliphatic carbocycles. The van der Waals surface area contributed by atoms with E-state index in [9.17, 15) is 4.79 Å². The van der Waals surface area contributed by atoms with Gasteiger partial charge in [-0.1, -0.05) is 29.4 Å². The first kappa shape index (κ1) is 15.7. The minimum absolute atomic E-state index is 0.0392. The Kier molecular flexibility index (Phi) is 4.76. The largest absolute Gasteiger partial charge is 0.379 e. The summed E-state index contributed by atoms with van der Waals surface area (Å²) in [6.07, 6.45) is 4.82.